The summed E-state index contributed by atoms with van der Waals surface area (Å²) in [5.74, 6) is 1.08. The summed E-state index contributed by atoms with van der Waals surface area (Å²) in [6.45, 7) is 1.48. The topological polar surface area (TPSA) is 90.3 Å². The SMILES string of the molecule is CO[C@H]1CN(c2ccnc(N)n2)C[C@@H]1N. The van der Waals surface area contributed by atoms with Crippen LogP contribution in [0.2, 0.25) is 0 Å². The fraction of sp³-hybridized carbons (Fsp3) is 0.556. The van der Waals surface area contributed by atoms with E-state index in [0.29, 0.717) is 0 Å². The fourth-order valence-electron chi connectivity index (χ4n) is 1.78. The first-order valence-electron chi connectivity index (χ1n) is 4.82. The maximum atomic E-state index is 5.91. The van der Waals surface area contributed by atoms with Crippen LogP contribution in [0.3, 0.4) is 0 Å². The quantitative estimate of drug-likeness (QED) is 0.664. The number of nitrogen functional groups attached to an aromatic ring is 1. The predicted octanol–water partition coefficient (Wildman–Crippen LogP) is -0.779. The Hall–Kier alpha value is -1.40. The Morgan fingerprint density at radius 1 is 1.53 bits per heavy atom. The van der Waals surface area contributed by atoms with Crippen molar-refractivity contribution in [1.82, 2.24) is 9.97 Å². The average molecular weight is 209 g/mol. The van der Waals surface area contributed by atoms with Gasteiger partial charge in [0.05, 0.1) is 12.1 Å². The van der Waals surface area contributed by atoms with Crippen molar-refractivity contribution in [3.63, 3.8) is 0 Å². The molecular weight excluding hydrogens is 194 g/mol. The van der Waals surface area contributed by atoms with Gasteiger partial charge in [-0.1, -0.05) is 0 Å². The van der Waals surface area contributed by atoms with E-state index in [9.17, 15) is 0 Å². The van der Waals surface area contributed by atoms with E-state index < -0.39 is 0 Å². The Kier molecular flexibility index (Phi) is 2.70. The number of ether oxygens (including phenoxy) is 1. The fourth-order valence-corrected chi connectivity index (χ4v) is 1.78. The molecule has 6 heteroatoms. The van der Waals surface area contributed by atoms with Crippen LogP contribution in [0.15, 0.2) is 12.3 Å². The Balaban J connectivity index is 2.13. The van der Waals surface area contributed by atoms with E-state index >= 15 is 0 Å². The van der Waals surface area contributed by atoms with Gasteiger partial charge in [0.1, 0.15) is 5.82 Å². The van der Waals surface area contributed by atoms with Crippen molar-refractivity contribution in [2.24, 2.45) is 5.73 Å². The van der Waals surface area contributed by atoms with Gasteiger partial charge in [0.15, 0.2) is 0 Å². The number of hydrogen-bond acceptors (Lipinski definition) is 6. The zero-order valence-electron chi connectivity index (χ0n) is 8.63. The molecule has 2 atom stereocenters. The summed E-state index contributed by atoms with van der Waals surface area (Å²) in [5, 5.41) is 0. The Morgan fingerprint density at radius 2 is 2.33 bits per heavy atom. The van der Waals surface area contributed by atoms with Crippen LogP contribution in [0, 0.1) is 0 Å². The highest BCUT2D eigenvalue weighted by molar-refractivity contribution is 5.43. The van der Waals surface area contributed by atoms with Crippen molar-refractivity contribution in [2.75, 3.05) is 30.8 Å². The Bertz CT molecular complexity index is 345. The largest absolute Gasteiger partial charge is 0.378 e. The van der Waals surface area contributed by atoms with E-state index in [2.05, 4.69) is 14.9 Å². The number of hydrogen-bond donors (Lipinski definition) is 2. The summed E-state index contributed by atoms with van der Waals surface area (Å²) in [5.41, 5.74) is 11.4. The van der Waals surface area contributed by atoms with Gasteiger partial charge in [-0.15, -0.1) is 0 Å². The van der Waals surface area contributed by atoms with Gasteiger partial charge >= 0.3 is 0 Å². The number of anilines is 2. The molecule has 0 unspecified atom stereocenters. The van der Waals surface area contributed by atoms with Crippen molar-refractivity contribution < 1.29 is 4.74 Å². The molecule has 6 nitrogen and oxygen atoms in total. The second kappa shape index (κ2) is 4.00. The molecule has 0 spiro atoms. The molecule has 0 aliphatic carbocycles. The summed E-state index contributed by atoms with van der Waals surface area (Å²) in [4.78, 5) is 10.0. The van der Waals surface area contributed by atoms with Gasteiger partial charge in [0, 0.05) is 26.4 Å². The number of nitrogens with zero attached hydrogens (tertiary/aromatic N) is 3. The number of rotatable bonds is 2. The molecule has 0 aromatic carbocycles. The van der Waals surface area contributed by atoms with Crippen LogP contribution in [0.25, 0.3) is 0 Å². The standard InChI is InChI=1S/C9H15N5O/c1-15-7-5-14(4-6(7)10)8-2-3-12-9(11)13-8/h2-3,6-7H,4-5,10H2,1H3,(H2,11,12,13)/t6-,7-/m0/s1. The summed E-state index contributed by atoms with van der Waals surface area (Å²) in [7, 11) is 1.67. The smallest absolute Gasteiger partial charge is 0.221 e. The highest BCUT2D eigenvalue weighted by Crippen LogP contribution is 2.18. The second-order valence-corrected chi connectivity index (χ2v) is 3.62. The zero-order chi connectivity index (χ0) is 10.8. The third-order valence-electron chi connectivity index (χ3n) is 2.60. The average Bonchev–Trinajstić information content (AvgIpc) is 2.60. The van der Waals surface area contributed by atoms with Crippen molar-refractivity contribution in [1.29, 1.82) is 0 Å². The van der Waals surface area contributed by atoms with Crippen LogP contribution >= 0.6 is 0 Å². The lowest BCUT2D eigenvalue weighted by Gasteiger charge is -2.16. The monoisotopic (exact) mass is 209 g/mol. The van der Waals surface area contributed by atoms with Crippen LogP contribution in [-0.2, 0) is 4.74 Å². The lowest BCUT2D eigenvalue weighted by Crippen LogP contribution is -2.34. The molecule has 1 aliphatic heterocycles. The summed E-state index contributed by atoms with van der Waals surface area (Å²) >= 11 is 0. The van der Waals surface area contributed by atoms with Crippen molar-refractivity contribution in [3.8, 4) is 0 Å². The van der Waals surface area contributed by atoms with Crippen molar-refractivity contribution in [3.05, 3.63) is 12.3 Å². The van der Waals surface area contributed by atoms with E-state index in [1.54, 1.807) is 13.3 Å². The molecule has 4 N–H and O–H groups in total. The van der Waals surface area contributed by atoms with E-state index in [4.69, 9.17) is 16.2 Å². The van der Waals surface area contributed by atoms with E-state index in [1.165, 1.54) is 0 Å². The Labute approximate surface area is 88.2 Å². The maximum absolute atomic E-state index is 5.91. The molecule has 2 heterocycles. The van der Waals surface area contributed by atoms with Crippen LogP contribution < -0.4 is 16.4 Å². The van der Waals surface area contributed by atoms with E-state index in [0.717, 1.165) is 18.9 Å². The van der Waals surface area contributed by atoms with Gasteiger partial charge in [-0.2, -0.15) is 4.98 Å². The van der Waals surface area contributed by atoms with Crippen molar-refractivity contribution in [2.45, 2.75) is 12.1 Å². The molecule has 0 radical (unpaired) electrons. The number of methoxy groups -OCH3 is 1. The molecule has 2 rings (SSSR count). The summed E-state index contributed by atoms with van der Waals surface area (Å²) < 4.78 is 5.26. The van der Waals surface area contributed by atoms with Gasteiger partial charge in [-0.05, 0) is 6.07 Å². The van der Waals surface area contributed by atoms with Gasteiger partial charge in [0.25, 0.3) is 0 Å². The molecule has 0 bridgehead atoms. The van der Waals surface area contributed by atoms with E-state index in [1.807, 2.05) is 6.07 Å². The Morgan fingerprint density at radius 3 is 2.93 bits per heavy atom. The van der Waals surface area contributed by atoms with E-state index in [-0.39, 0.29) is 18.1 Å². The molecule has 1 aliphatic rings. The second-order valence-electron chi connectivity index (χ2n) is 3.62. The minimum atomic E-state index is 0.0196. The van der Waals surface area contributed by atoms with Crippen LogP contribution in [0.4, 0.5) is 11.8 Å². The van der Waals surface area contributed by atoms with Gasteiger partial charge < -0.3 is 21.1 Å². The highest BCUT2D eigenvalue weighted by atomic mass is 16.5. The molecule has 82 valence electrons. The summed E-state index contributed by atoms with van der Waals surface area (Å²) in [6, 6.07) is 1.84. The summed E-state index contributed by atoms with van der Waals surface area (Å²) in [6.07, 6.45) is 1.70. The number of nitrogens with two attached hydrogens (primary N) is 2. The van der Waals surface area contributed by atoms with Crippen molar-refractivity contribution >= 4 is 11.8 Å². The first-order chi connectivity index (χ1) is 7.20. The lowest BCUT2D eigenvalue weighted by molar-refractivity contribution is 0.108. The molecular formula is C9H15N5O. The highest BCUT2D eigenvalue weighted by Gasteiger charge is 2.30. The normalized spacial score (nSPS) is 25.9. The first kappa shape index (κ1) is 10.1. The van der Waals surface area contributed by atoms with Crippen LogP contribution in [-0.4, -0.2) is 42.3 Å². The minimum Gasteiger partial charge on any atom is -0.378 e. The van der Waals surface area contributed by atoms with Gasteiger partial charge in [0.2, 0.25) is 5.95 Å². The first-order valence-corrected chi connectivity index (χ1v) is 4.82. The minimum absolute atomic E-state index is 0.0196. The van der Waals surface area contributed by atoms with Gasteiger partial charge in [-0.3, -0.25) is 0 Å². The number of aromatic nitrogens is 2. The molecule has 15 heavy (non-hydrogen) atoms. The van der Waals surface area contributed by atoms with Crippen LogP contribution in [0.5, 0.6) is 0 Å². The zero-order valence-corrected chi connectivity index (χ0v) is 8.63. The maximum Gasteiger partial charge on any atom is 0.221 e. The third-order valence-corrected chi connectivity index (χ3v) is 2.60. The molecule has 0 saturated carbocycles. The van der Waals surface area contributed by atoms with Crippen LogP contribution in [0.1, 0.15) is 0 Å². The molecule has 1 aromatic rings. The molecule has 1 aromatic heterocycles. The van der Waals surface area contributed by atoms with Gasteiger partial charge in [-0.25, -0.2) is 4.98 Å². The molecule has 1 saturated heterocycles. The molecule has 1 fully saturated rings. The molecule has 0 amide bonds. The lowest BCUT2D eigenvalue weighted by atomic mass is 10.2. The predicted molar refractivity (Wildman–Crippen MR) is 57.4 cm³/mol. The third kappa shape index (κ3) is 2.00.